The maximum absolute atomic E-state index is 12.5. The first-order chi connectivity index (χ1) is 12.1. The van der Waals surface area contributed by atoms with Gasteiger partial charge in [0.15, 0.2) is 0 Å². The monoisotopic (exact) mass is 341 g/mol. The largest absolute Gasteiger partial charge is 0.493 e. The van der Waals surface area contributed by atoms with Gasteiger partial charge in [-0.1, -0.05) is 26.0 Å². The fourth-order valence-corrected chi connectivity index (χ4v) is 2.97. The van der Waals surface area contributed by atoms with Crippen molar-refractivity contribution in [1.29, 1.82) is 0 Å². The van der Waals surface area contributed by atoms with E-state index >= 15 is 0 Å². The van der Waals surface area contributed by atoms with E-state index in [2.05, 4.69) is 11.9 Å². The van der Waals surface area contributed by atoms with Crippen molar-refractivity contribution in [2.45, 2.75) is 33.2 Å². The second-order valence-electron chi connectivity index (χ2n) is 6.09. The Morgan fingerprint density at radius 2 is 1.88 bits per heavy atom. The number of hydrogen-bond acceptors (Lipinski definition) is 3. The number of H-pyrrole nitrogens is 1. The van der Waals surface area contributed by atoms with E-state index in [0.29, 0.717) is 24.2 Å². The van der Waals surface area contributed by atoms with E-state index in [0.717, 1.165) is 34.4 Å². The number of hydrogen-bond donors (Lipinski definition) is 1. The number of ether oxygens (including phenoxy) is 1. The predicted octanol–water partition coefficient (Wildman–Crippen LogP) is 2.89. The Kier molecular flexibility index (Phi) is 4.79. The normalized spacial score (nSPS) is 11.2. The number of nitrogens with one attached hydrogen (secondary N) is 1. The molecule has 2 aromatic heterocycles. The van der Waals surface area contributed by atoms with Crippen molar-refractivity contribution in [3.63, 3.8) is 0 Å². The van der Waals surface area contributed by atoms with E-state index in [1.807, 2.05) is 37.3 Å². The maximum Gasteiger partial charge on any atom is 0.331 e. The van der Waals surface area contributed by atoms with E-state index in [1.54, 1.807) is 4.57 Å². The summed E-state index contributed by atoms with van der Waals surface area (Å²) in [7, 11) is 1.51. The third-order valence-electron chi connectivity index (χ3n) is 4.21. The van der Waals surface area contributed by atoms with Crippen LogP contribution in [0.5, 0.6) is 5.75 Å². The van der Waals surface area contributed by atoms with Crippen LogP contribution in [-0.2, 0) is 13.6 Å². The number of para-hydroxylation sites is 1. The molecule has 2 heterocycles. The Morgan fingerprint density at radius 1 is 1.12 bits per heavy atom. The van der Waals surface area contributed by atoms with E-state index < -0.39 is 0 Å². The van der Waals surface area contributed by atoms with Gasteiger partial charge in [-0.25, -0.2) is 4.79 Å². The lowest BCUT2D eigenvalue weighted by atomic mass is 10.1. The van der Waals surface area contributed by atoms with Crippen LogP contribution in [0.3, 0.4) is 0 Å². The van der Waals surface area contributed by atoms with Gasteiger partial charge in [-0.3, -0.25) is 13.9 Å². The SMILES string of the molecule is CCCOc1ccccc1-c1cc2c([nH]1)c(=O)n(C)c(=O)n2CCC. The molecule has 6 nitrogen and oxygen atoms in total. The molecule has 0 saturated heterocycles. The molecular weight excluding hydrogens is 318 g/mol. The lowest BCUT2D eigenvalue weighted by molar-refractivity contribution is 0.318. The molecule has 0 aliphatic rings. The highest BCUT2D eigenvalue weighted by atomic mass is 16.5. The van der Waals surface area contributed by atoms with Crippen LogP contribution in [0.4, 0.5) is 0 Å². The molecule has 1 aromatic carbocycles. The summed E-state index contributed by atoms with van der Waals surface area (Å²) in [4.78, 5) is 28.1. The van der Waals surface area contributed by atoms with Gasteiger partial charge in [-0.05, 0) is 31.0 Å². The number of rotatable bonds is 6. The minimum atomic E-state index is -0.314. The molecule has 0 atom stereocenters. The number of fused-ring (bicyclic) bond motifs is 1. The number of benzene rings is 1. The maximum atomic E-state index is 12.5. The minimum Gasteiger partial charge on any atom is -0.493 e. The highest BCUT2D eigenvalue weighted by Gasteiger charge is 2.16. The number of nitrogens with zero attached hydrogens (tertiary/aromatic N) is 2. The summed E-state index contributed by atoms with van der Waals surface area (Å²) in [6.45, 7) is 5.25. The first-order valence-corrected chi connectivity index (χ1v) is 8.63. The van der Waals surface area contributed by atoms with Crippen molar-refractivity contribution >= 4 is 11.0 Å². The molecule has 0 aliphatic heterocycles. The molecule has 0 unspecified atom stereocenters. The summed E-state index contributed by atoms with van der Waals surface area (Å²) >= 11 is 0. The van der Waals surface area contributed by atoms with Crippen molar-refractivity contribution < 1.29 is 4.74 Å². The number of aryl methyl sites for hydroxylation is 1. The average molecular weight is 341 g/mol. The van der Waals surface area contributed by atoms with Gasteiger partial charge >= 0.3 is 5.69 Å². The molecule has 0 amide bonds. The molecule has 132 valence electrons. The molecule has 1 N–H and O–H groups in total. The van der Waals surface area contributed by atoms with Gasteiger partial charge in [0.1, 0.15) is 11.3 Å². The smallest absolute Gasteiger partial charge is 0.331 e. The third kappa shape index (κ3) is 2.99. The lowest BCUT2D eigenvalue weighted by Crippen LogP contribution is -2.38. The van der Waals surface area contributed by atoms with E-state index in [1.165, 1.54) is 7.05 Å². The van der Waals surface area contributed by atoms with Crippen LogP contribution >= 0.6 is 0 Å². The second-order valence-corrected chi connectivity index (χ2v) is 6.09. The standard InChI is InChI=1S/C19H23N3O3/c1-4-10-22-15-12-14(20-17(15)18(23)21(3)19(22)24)13-8-6-7-9-16(13)25-11-5-2/h6-9,12,20H,4-5,10-11H2,1-3H3. The molecule has 0 aliphatic carbocycles. The van der Waals surface area contributed by atoms with Gasteiger partial charge in [-0.2, -0.15) is 0 Å². The van der Waals surface area contributed by atoms with Gasteiger partial charge in [0.25, 0.3) is 5.56 Å². The van der Waals surface area contributed by atoms with Crippen molar-refractivity contribution in [3.05, 3.63) is 51.2 Å². The van der Waals surface area contributed by atoms with E-state index in [4.69, 9.17) is 4.74 Å². The molecule has 3 aromatic rings. The topological polar surface area (TPSA) is 69.0 Å². The van der Waals surface area contributed by atoms with Crippen LogP contribution in [-0.4, -0.2) is 20.7 Å². The number of aromatic nitrogens is 3. The molecule has 0 spiro atoms. The molecule has 0 radical (unpaired) electrons. The van der Waals surface area contributed by atoms with Crippen LogP contribution in [0.15, 0.2) is 39.9 Å². The van der Waals surface area contributed by atoms with Gasteiger partial charge in [0.2, 0.25) is 0 Å². The number of aromatic amines is 1. The summed E-state index contributed by atoms with van der Waals surface area (Å²) in [5.41, 5.74) is 2.12. The van der Waals surface area contributed by atoms with Gasteiger partial charge in [-0.15, -0.1) is 0 Å². The Morgan fingerprint density at radius 3 is 2.60 bits per heavy atom. The Hall–Kier alpha value is -2.76. The predicted molar refractivity (Wildman–Crippen MR) is 99.3 cm³/mol. The van der Waals surface area contributed by atoms with Crippen LogP contribution in [0.2, 0.25) is 0 Å². The quantitative estimate of drug-likeness (QED) is 0.749. The summed E-state index contributed by atoms with van der Waals surface area (Å²) < 4.78 is 8.62. The van der Waals surface area contributed by atoms with Crippen LogP contribution < -0.4 is 16.0 Å². The summed E-state index contributed by atoms with van der Waals surface area (Å²) in [6.07, 6.45) is 1.72. The molecule has 3 rings (SSSR count). The van der Waals surface area contributed by atoms with Crippen LogP contribution in [0.1, 0.15) is 26.7 Å². The zero-order valence-corrected chi connectivity index (χ0v) is 14.8. The first kappa shape index (κ1) is 17.1. The van der Waals surface area contributed by atoms with Gasteiger partial charge in [0, 0.05) is 19.2 Å². The Balaban J connectivity index is 2.24. The average Bonchev–Trinajstić information content (AvgIpc) is 3.07. The molecule has 6 heteroatoms. The van der Waals surface area contributed by atoms with Gasteiger partial charge in [0.05, 0.1) is 17.8 Å². The fourth-order valence-electron chi connectivity index (χ4n) is 2.97. The Bertz CT molecular complexity index is 1010. The fraction of sp³-hybridized carbons (Fsp3) is 0.368. The minimum absolute atomic E-state index is 0.291. The zero-order valence-electron chi connectivity index (χ0n) is 14.8. The van der Waals surface area contributed by atoms with Crippen LogP contribution in [0.25, 0.3) is 22.3 Å². The van der Waals surface area contributed by atoms with E-state index in [-0.39, 0.29) is 11.2 Å². The molecule has 0 fully saturated rings. The van der Waals surface area contributed by atoms with Gasteiger partial charge < -0.3 is 9.72 Å². The molecule has 0 saturated carbocycles. The highest BCUT2D eigenvalue weighted by Crippen LogP contribution is 2.30. The molecular formula is C19H23N3O3. The highest BCUT2D eigenvalue weighted by molar-refractivity contribution is 5.84. The first-order valence-electron chi connectivity index (χ1n) is 8.63. The van der Waals surface area contributed by atoms with Crippen molar-refractivity contribution in [2.24, 2.45) is 7.05 Å². The van der Waals surface area contributed by atoms with E-state index in [9.17, 15) is 9.59 Å². The summed E-state index contributed by atoms with van der Waals surface area (Å²) in [5.74, 6) is 0.761. The van der Waals surface area contributed by atoms with Crippen LogP contribution in [0, 0.1) is 0 Å². The summed E-state index contributed by atoms with van der Waals surface area (Å²) in [5, 5.41) is 0. The lowest BCUT2D eigenvalue weighted by Gasteiger charge is -2.09. The third-order valence-corrected chi connectivity index (χ3v) is 4.21. The Labute approximate surface area is 145 Å². The van der Waals surface area contributed by atoms with Crippen molar-refractivity contribution in [1.82, 2.24) is 14.1 Å². The molecule has 25 heavy (non-hydrogen) atoms. The second kappa shape index (κ2) is 7.01. The van der Waals surface area contributed by atoms with Crippen molar-refractivity contribution in [2.75, 3.05) is 6.61 Å². The zero-order chi connectivity index (χ0) is 18.0. The van der Waals surface area contributed by atoms with Crippen molar-refractivity contribution in [3.8, 4) is 17.0 Å². The summed E-state index contributed by atoms with van der Waals surface area (Å²) in [6, 6.07) is 9.57. The molecule has 0 bridgehead atoms.